The Morgan fingerprint density at radius 3 is 3.17 bits per heavy atom. The van der Waals surface area contributed by atoms with Crippen molar-refractivity contribution in [3.8, 4) is 6.07 Å². The summed E-state index contributed by atoms with van der Waals surface area (Å²) in [6, 6.07) is 5.26. The van der Waals surface area contributed by atoms with Crippen molar-refractivity contribution < 1.29 is 14.6 Å². The predicted molar refractivity (Wildman–Crippen MR) is 66.9 cm³/mol. The number of hydrogen-bond acceptors (Lipinski definition) is 6. The summed E-state index contributed by atoms with van der Waals surface area (Å²) in [6.07, 6.45) is 0.735. The largest absolute Gasteiger partial charge is 0.466 e. The number of nitriles is 1. The van der Waals surface area contributed by atoms with Gasteiger partial charge in [-0.3, -0.25) is 4.79 Å². The molecule has 0 aromatic carbocycles. The number of ether oxygens (including phenoxy) is 1. The quantitative estimate of drug-likeness (QED) is 0.618. The summed E-state index contributed by atoms with van der Waals surface area (Å²) in [6.45, 7) is 2.03. The molecule has 1 aromatic heterocycles. The third-order valence-electron chi connectivity index (χ3n) is 2.00. The molecule has 0 saturated carbocycles. The Hall–Kier alpha value is -1.58. The zero-order chi connectivity index (χ0) is 13.4. The minimum Gasteiger partial charge on any atom is -0.466 e. The van der Waals surface area contributed by atoms with Gasteiger partial charge in [-0.05, 0) is 19.1 Å². The Bertz CT molecular complexity index is 445. The third kappa shape index (κ3) is 5.17. The molecule has 0 spiro atoms. The summed E-state index contributed by atoms with van der Waals surface area (Å²) in [5.41, 5.74) is 0.521. The van der Waals surface area contributed by atoms with Crippen LogP contribution in [0.2, 0.25) is 0 Å². The number of thioether (sulfide) groups is 1. The Labute approximate surface area is 110 Å². The normalized spacial score (nSPS) is 11.6. The van der Waals surface area contributed by atoms with Crippen LogP contribution in [0, 0.1) is 11.3 Å². The fourth-order valence-corrected chi connectivity index (χ4v) is 2.04. The van der Waals surface area contributed by atoms with E-state index in [9.17, 15) is 9.90 Å². The van der Waals surface area contributed by atoms with Crippen LogP contribution in [-0.4, -0.2) is 34.5 Å². The molecule has 18 heavy (non-hydrogen) atoms. The maximum absolute atomic E-state index is 11.1. The van der Waals surface area contributed by atoms with Crippen LogP contribution in [0.3, 0.4) is 0 Å². The molecule has 0 aliphatic heterocycles. The molecule has 96 valence electrons. The van der Waals surface area contributed by atoms with Crippen LogP contribution in [0.1, 0.15) is 18.9 Å². The molecule has 0 aliphatic rings. The van der Waals surface area contributed by atoms with Gasteiger partial charge < -0.3 is 9.84 Å². The fourth-order valence-electron chi connectivity index (χ4n) is 1.21. The lowest BCUT2D eigenvalue weighted by molar-refractivity contribution is -0.144. The first-order chi connectivity index (χ1) is 8.65. The Balaban J connectivity index is 2.40. The van der Waals surface area contributed by atoms with Crippen LogP contribution in [0.5, 0.6) is 0 Å². The molecule has 0 bridgehead atoms. The first-order valence-corrected chi connectivity index (χ1v) is 6.47. The van der Waals surface area contributed by atoms with Crippen molar-refractivity contribution in [3.63, 3.8) is 0 Å². The third-order valence-corrected chi connectivity index (χ3v) is 3.07. The van der Waals surface area contributed by atoms with Gasteiger partial charge in [0.05, 0.1) is 35.8 Å². The van der Waals surface area contributed by atoms with Gasteiger partial charge in [0.25, 0.3) is 0 Å². The molecule has 0 radical (unpaired) electrons. The Kier molecular flexibility index (Phi) is 6.19. The van der Waals surface area contributed by atoms with E-state index in [2.05, 4.69) is 4.98 Å². The number of aliphatic hydroxyl groups is 1. The summed E-state index contributed by atoms with van der Waals surface area (Å²) >= 11 is 1.30. The lowest BCUT2D eigenvalue weighted by atomic mass is 10.3. The number of nitrogens with zero attached hydrogens (tertiary/aromatic N) is 2. The van der Waals surface area contributed by atoms with E-state index < -0.39 is 12.1 Å². The van der Waals surface area contributed by atoms with E-state index in [1.165, 1.54) is 11.8 Å². The summed E-state index contributed by atoms with van der Waals surface area (Å²) in [5.74, 6) is -0.0786. The second kappa shape index (κ2) is 7.69. The number of hydrogen-bond donors (Lipinski definition) is 1. The Morgan fingerprint density at radius 2 is 2.50 bits per heavy atom. The lowest BCUT2D eigenvalue weighted by Gasteiger charge is -2.09. The highest BCUT2D eigenvalue weighted by molar-refractivity contribution is 7.99. The zero-order valence-electron chi connectivity index (χ0n) is 10.00. The number of carbonyl (C=O) groups excluding carboxylic acids is 1. The molecule has 1 N–H and O–H groups in total. The highest BCUT2D eigenvalue weighted by atomic mass is 32.2. The lowest BCUT2D eigenvalue weighted by Crippen LogP contribution is -2.17. The number of carbonyl (C=O) groups is 1. The van der Waals surface area contributed by atoms with E-state index in [0.717, 1.165) is 0 Å². The van der Waals surface area contributed by atoms with Crippen LogP contribution >= 0.6 is 11.8 Å². The first kappa shape index (κ1) is 14.5. The minimum absolute atomic E-state index is 0.0290. The van der Waals surface area contributed by atoms with Crippen molar-refractivity contribution in [2.45, 2.75) is 24.5 Å². The van der Waals surface area contributed by atoms with E-state index in [0.29, 0.717) is 22.9 Å². The smallest absolute Gasteiger partial charge is 0.308 e. The summed E-state index contributed by atoms with van der Waals surface area (Å²) in [5, 5.41) is 19.0. The van der Waals surface area contributed by atoms with Crippen LogP contribution in [0.25, 0.3) is 0 Å². The van der Waals surface area contributed by atoms with Crippen LogP contribution in [0.15, 0.2) is 23.4 Å². The van der Waals surface area contributed by atoms with E-state index >= 15 is 0 Å². The van der Waals surface area contributed by atoms with E-state index in [1.807, 2.05) is 6.07 Å². The number of aromatic nitrogens is 1. The number of aliphatic hydroxyl groups excluding tert-OH is 1. The first-order valence-electron chi connectivity index (χ1n) is 5.48. The number of esters is 1. The van der Waals surface area contributed by atoms with Crippen molar-refractivity contribution in [1.29, 1.82) is 5.26 Å². The van der Waals surface area contributed by atoms with E-state index in [-0.39, 0.29) is 6.42 Å². The van der Waals surface area contributed by atoms with Gasteiger partial charge in [-0.1, -0.05) is 0 Å². The molecule has 1 unspecified atom stereocenters. The Morgan fingerprint density at radius 1 is 1.72 bits per heavy atom. The minimum atomic E-state index is -0.776. The maximum atomic E-state index is 11.1. The van der Waals surface area contributed by atoms with Gasteiger partial charge in [0.2, 0.25) is 0 Å². The van der Waals surface area contributed by atoms with Crippen molar-refractivity contribution in [2.24, 2.45) is 0 Å². The highest BCUT2D eigenvalue weighted by Gasteiger charge is 2.12. The topological polar surface area (TPSA) is 83.2 Å². The second-order valence-corrected chi connectivity index (χ2v) is 4.51. The van der Waals surface area contributed by atoms with Gasteiger partial charge in [0, 0.05) is 11.9 Å². The SMILES string of the molecule is CCOC(=O)CC(O)CSc1cc(C#N)ccn1. The molecule has 0 aliphatic carbocycles. The fraction of sp³-hybridized carbons (Fsp3) is 0.417. The van der Waals surface area contributed by atoms with Gasteiger partial charge in [-0.15, -0.1) is 11.8 Å². The molecule has 1 heterocycles. The molecule has 1 rings (SSSR count). The summed E-state index contributed by atoms with van der Waals surface area (Å²) in [4.78, 5) is 15.2. The second-order valence-electron chi connectivity index (χ2n) is 3.47. The highest BCUT2D eigenvalue weighted by Crippen LogP contribution is 2.18. The van der Waals surface area contributed by atoms with E-state index in [1.54, 1.807) is 25.3 Å². The van der Waals surface area contributed by atoms with Crippen LogP contribution in [0.4, 0.5) is 0 Å². The maximum Gasteiger partial charge on any atom is 0.308 e. The molecular weight excluding hydrogens is 252 g/mol. The monoisotopic (exact) mass is 266 g/mol. The molecule has 1 atom stereocenters. The molecule has 6 heteroatoms. The number of pyridine rings is 1. The molecule has 0 saturated heterocycles. The van der Waals surface area contributed by atoms with Crippen molar-refractivity contribution in [1.82, 2.24) is 4.98 Å². The summed E-state index contributed by atoms with van der Waals surface area (Å²) < 4.78 is 4.73. The van der Waals surface area contributed by atoms with Crippen molar-refractivity contribution in [3.05, 3.63) is 23.9 Å². The van der Waals surface area contributed by atoms with Crippen LogP contribution in [-0.2, 0) is 9.53 Å². The molecule has 0 fully saturated rings. The van der Waals surface area contributed by atoms with Gasteiger partial charge in [0.15, 0.2) is 0 Å². The van der Waals surface area contributed by atoms with Gasteiger partial charge >= 0.3 is 5.97 Å². The number of rotatable bonds is 6. The molecule has 1 aromatic rings. The van der Waals surface area contributed by atoms with Gasteiger partial charge in [-0.2, -0.15) is 5.26 Å². The average Bonchev–Trinajstić information content (AvgIpc) is 2.37. The predicted octanol–water partition coefficient (Wildman–Crippen LogP) is 1.36. The summed E-state index contributed by atoms with van der Waals surface area (Å²) in [7, 11) is 0. The van der Waals surface area contributed by atoms with Crippen LogP contribution < -0.4 is 0 Å². The van der Waals surface area contributed by atoms with Gasteiger partial charge in [-0.25, -0.2) is 4.98 Å². The molecule has 5 nitrogen and oxygen atoms in total. The van der Waals surface area contributed by atoms with E-state index in [4.69, 9.17) is 10.00 Å². The van der Waals surface area contributed by atoms with Crippen molar-refractivity contribution >= 4 is 17.7 Å². The van der Waals surface area contributed by atoms with Gasteiger partial charge in [0.1, 0.15) is 0 Å². The van der Waals surface area contributed by atoms with Crippen molar-refractivity contribution in [2.75, 3.05) is 12.4 Å². The standard InChI is InChI=1S/C12H14N2O3S/c1-2-17-12(16)6-10(15)8-18-11-5-9(7-13)3-4-14-11/h3-5,10,15H,2,6,8H2,1H3. The average molecular weight is 266 g/mol. The molecule has 0 amide bonds. The molecular formula is C12H14N2O3S. The zero-order valence-corrected chi connectivity index (χ0v) is 10.8.